The lowest BCUT2D eigenvalue weighted by atomic mass is 9.68. The van der Waals surface area contributed by atoms with Gasteiger partial charge in [-0.2, -0.15) is 0 Å². The molecule has 1 heterocycles. The molecule has 2 aromatic rings. The predicted molar refractivity (Wildman–Crippen MR) is 116 cm³/mol. The number of anilines is 2. The molecule has 31 heavy (non-hydrogen) atoms. The van der Waals surface area contributed by atoms with Gasteiger partial charge in [-0.1, -0.05) is 12.1 Å². The lowest BCUT2D eigenvalue weighted by Crippen LogP contribution is -2.47. The summed E-state index contributed by atoms with van der Waals surface area (Å²) in [6.07, 6.45) is 2.05. The van der Waals surface area contributed by atoms with E-state index in [4.69, 9.17) is 4.74 Å². The Morgan fingerprint density at radius 3 is 2.61 bits per heavy atom. The maximum Gasteiger partial charge on any atom is 0.331 e. The number of ketones is 1. The van der Waals surface area contributed by atoms with Crippen LogP contribution in [-0.2, 0) is 20.7 Å². The van der Waals surface area contributed by atoms with E-state index < -0.39 is 22.3 Å². The molecule has 9 heteroatoms. The molecule has 0 radical (unpaired) electrons. The number of pyridine rings is 1. The van der Waals surface area contributed by atoms with Crippen molar-refractivity contribution in [2.45, 2.75) is 39.7 Å². The summed E-state index contributed by atoms with van der Waals surface area (Å²) in [5, 5.41) is 14.1. The summed E-state index contributed by atoms with van der Waals surface area (Å²) in [7, 11) is 0. The molecule has 1 saturated carbocycles. The average molecular weight is 424 g/mol. The predicted octanol–water partition coefficient (Wildman–Crippen LogP) is 3.65. The number of nitro groups is 1. The molecule has 1 atom stereocenters. The quantitative estimate of drug-likeness (QED) is 0.390. The van der Waals surface area contributed by atoms with E-state index in [1.165, 1.54) is 18.3 Å². The summed E-state index contributed by atoms with van der Waals surface area (Å²) in [5.41, 5.74) is 1.40. The summed E-state index contributed by atoms with van der Waals surface area (Å²) >= 11 is 0. The third-order valence-corrected chi connectivity index (χ3v) is 5.25. The third-order valence-electron chi connectivity index (χ3n) is 5.25. The first-order valence-electron chi connectivity index (χ1n) is 9.94. The summed E-state index contributed by atoms with van der Waals surface area (Å²) in [4.78, 5) is 43.4. The fourth-order valence-corrected chi connectivity index (χ4v) is 3.19. The van der Waals surface area contributed by atoms with Crippen molar-refractivity contribution in [2.75, 3.05) is 11.9 Å². The third kappa shape index (κ3) is 4.93. The first-order valence-corrected chi connectivity index (χ1v) is 9.94. The number of carbonyl (C=O) groups is 2. The van der Waals surface area contributed by atoms with E-state index in [1.807, 2.05) is 0 Å². The highest BCUT2D eigenvalue weighted by atomic mass is 16.6. The van der Waals surface area contributed by atoms with Gasteiger partial charge in [-0.25, -0.2) is 9.78 Å². The second-order valence-electron chi connectivity index (χ2n) is 7.72. The SMILES string of the molecule is CCOC(=O)[C@H](Cc1ccc(Nc2ncccc2[N+](=O)[O-])cc1)N=C1CC(=O)C1(C)C. The molecule has 162 valence electrons. The highest BCUT2D eigenvalue weighted by molar-refractivity contribution is 6.26. The molecule has 1 N–H and O–H groups in total. The molecular formula is C22H24N4O5. The van der Waals surface area contributed by atoms with E-state index >= 15 is 0 Å². The maximum atomic E-state index is 12.4. The van der Waals surface area contributed by atoms with Crippen molar-refractivity contribution in [3.05, 3.63) is 58.3 Å². The number of aliphatic imine (C=N–C) groups is 1. The van der Waals surface area contributed by atoms with Gasteiger partial charge in [0, 0.05) is 36.5 Å². The molecule has 0 saturated heterocycles. The number of nitrogens with one attached hydrogen (secondary N) is 1. The first-order chi connectivity index (χ1) is 14.7. The number of carbonyl (C=O) groups excluding carboxylic acids is 2. The van der Waals surface area contributed by atoms with Gasteiger partial charge in [0.1, 0.15) is 5.78 Å². The summed E-state index contributed by atoms with van der Waals surface area (Å²) in [6, 6.07) is 9.25. The van der Waals surface area contributed by atoms with Crippen molar-refractivity contribution in [3.8, 4) is 0 Å². The molecule has 0 aliphatic heterocycles. The number of hydrogen-bond donors (Lipinski definition) is 1. The Bertz CT molecular complexity index is 1030. The van der Waals surface area contributed by atoms with Gasteiger partial charge in [0.25, 0.3) is 0 Å². The van der Waals surface area contributed by atoms with E-state index in [2.05, 4.69) is 15.3 Å². The highest BCUT2D eigenvalue weighted by Gasteiger charge is 2.44. The van der Waals surface area contributed by atoms with Gasteiger partial charge in [0.2, 0.25) is 5.82 Å². The van der Waals surface area contributed by atoms with E-state index in [9.17, 15) is 19.7 Å². The fourth-order valence-electron chi connectivity index (χ4n) is 3.19. The van der Waals surface area contributed by atoms with Crippen LogP contribution in [0.4, 0.5) is 17.2 Å². The van der Waals surface area contributed by atoms with E-state index in [0.717, 1.165) is 5.56 Å². The minimum absolute atomic E-state index is 0.105. The monoisotopic (exact) mass is 424 g/mol. The van der Waals surface area contributed by atoms with Crippen LogP contribution in [0.25, 0.3) is 0 Å². The Balaban J connectivity index is 1.76. The fraction of sp³-hybridized carbons (Fsp3) is 0.364. The molecule has 1 fully saturated rings. The van der Waals surface area contributed by atoms with Gasteiger partial charge in [0.15, 0.2) is 6.04 Å². The molecule has 3 rings (SSSR count). The molecule has 1 aliphatic carbocycles. The van der Waals surface area contributed by atoms with E-state index in [-0.39, 0.29) is 30.3 Å². The summed E-state index contributed by atoms with van der Waals surface area (Å²) in [5.74, 6) is -0.183. The number of nitrogens with zero attached hydrogens (tertiary/aromatic N) is 3. The molecule has 0 unspecified atom stereocenters. The van der Waals surface area contributed by atoms with E-state index in [0.29, 0.717) is 17.8 Å². The number of rotatable bonds is 8. The van der Waals surface area contributed by atoms with Gasteiger partial charge in [-0.3, -0.25) is 19.9 Å². The number of hydrogen-bond acceptors (Lipinski definition) is 8. The molecule has 9 nitrogen and oxygen atoms in total. The molecule has 0 spiro atoms. The summed E-state index contributed by atoms with van der Waals surface area (Å²) in [6.45, 7) is 5.58. The van der Waals surface area contributed by atoms with Gasteiger partial charge in [0.05, 0.1) is 16.9 Å². The van der Waals surface area contributed by atoms with Gasteiger partial charge in [-0.15, -0.1) is 0 Å². The average Bonchev–Trinajstić information content (AvgIpc) is 2.74. The van der Waals surface area contributed by atoms with Crippen LogP contribution in [0, 0.1) is 15.5 Å². The standard InChI is InChI=1S/C22H24N4O5/c1-4-31-21(28)16(25-18-13-19(27)22(18,2)3)12-14-7-9-15(10-8-14)24-20-17(26(29)30)6-5-11-23-20/h5-11,16H,4,12-13H2,1-3H3,(H,23,24)/t16-/m0/s1. The molecule has 1 aliphatic rings. The Morgan fingerprint density at radius 1 is 1.32 bits per heavy atom. The number of ether oxygens (including phenoxy) is 1. The lowest BCUT2D eigenvalue weighted by molar-refractivity contribution is -0.384. The largest absolute Gasteiger partial charge is 0.464 e. The van der Waals surface area contributed by atoms with Gasteiger partial charge >= 0.3 is 11.7 Å². The minimum atomic E-state index is -0.738. The molecule has 1 aromatic carbocycles. The Morgan fingerprint density at radius 2 is 2.03 bits per heavy atom. The van der Waals surface area contributed by atoms with Crippen LogP contribution in [0.1, 0.15) is 32.8 Å². The van der Waals surface area contributed by atoms with Crippen LogP contribution in [0.3, 0.4) is 0 Å². The Kier molecular flexibility index (Phi) is 6.43. The second-order valence-corrected chi connectivity index (χ2v) is 7.72. The van der Waals surface area contributed by atoms with Crippen molar-refractivity contribution in [2.24, 2.45) is 10.4 Å². The van der Waals surface area contributed by atoms with Crippen molar-refractivity contribution in [1.29, 1.82) is 0 Å². The van der Waals surface area contributed by atoms with Crippen LogP contribution >= 0.6 is 0 Å². The van der Waals surface area contributed by atoms with Crippen molar-refractivity contribution < 1.29 is 19.2 Å². The van der Waals surface area contributed by atoms with Crippen LogP contribution in [0.15, 0.2) is 47.6 Å². The number of aromatic nitrogens is 1. The highest BCUT2D eigenvalue weighted by Crippen LogP contribution is 2.34. The smallest absolute Gasteiger partial charge is 0.331 e. The van der Waals surface area contributed by atoms with Crippen molar-refractivity contribution in [1.82, 2.24) is 4.98 Å². The zero-order chi connectivity index (χ0) is 22.6. The van der Waals surface area contributed by atoms with Crippen LogP contribution in [0.5, 0.6) is 0 Å². The molecule has 1 aromatic heterocycles. The van der Waals surface area contributed by atoms with Gasteiger partial charge < -0.3 is 10.1 Å². The van der Waals surface area contributed by atoms with Crippen LogP contribution in [-0.4, -0.2) is 40.0 Å². The van der Waals surface area contributed by atoms with Gasteiger partial charge in [-0.05, 0) is 44.5 Å². The molecular weight excluding hydrogens is 400 g/mol. The zero-order valence-electron chi connectivity index (χ0n) is 17.6. The summed E-state index contributed by atoms with van der Waals surface area (Å²) < 4.78 is 5.16. The lowest BCUT2D eigenvalue weighted by Gasteiger charge is -2.35. The van der Waals surface area contributed by atoms with Crippen LogP contribution < -0.4 is 5.32 Å². The minimum Gasteiger partial charge on any atom is -0.464 e. The number of benzene rings is 1. The number of esters is 1. The topological polar surface area (TPSA) is 124 Å². The van der Waals surface area contributed by atoms with Crippen LogP contribution in [0.2, 0.25) is 0 Å². The van der Waals surface area contributed by atoms with E-state index in [1.54, 1.807) is 45.0 Å². The first kappa shape index (κ1) is 22.1. The molecule has 0 amide bonds. The van der Waals surface area contributed by atoms with Crippen molar-refractivity contribution >= 4 is 34.7 Å². The van der Waals surface area contributed by atoms with Crippen molar-refractivity contribution in [3.63, 3.8) is 0 Å². The maximum absolute atomic E-state index is 12.4. The Labute approximate surface area is 179 Å². The molecule has 0 bridgehead atoms. The number of Topliss-reactive ketones (excluding diaryl/α,β-unsaturated/α-hetero) is 1. The normalized spacial score (nSPS) is 17.0. The zero-order valence-corrected chi connectivity index (χ0v) is 17.6. The second kappa shape index (κ2) is 9.03. The Hall–Kier alpha value is -3.62.